The van der Waals surface area contributed by atoms with Crippen LogP contribution in [0.4, 0.5) is 13.2 Å². The maximum atomic E-state index is 12.9. The Morgan fingerprint density at radius 1 is 1.09 bits per heavy atom. The van der Waals surface area contributed by atoms with Crippen LogP contribution in [0.3, 0.4) is 0 Å². The molecule has 34 heavy (non-hydrogen) atoms. The van der Waals surface area contributed by atoms with Gasteiger partial charge in [0.05, 0.1) is 12.1 Å². The topological polar surface area (TPSA) is 71.7 Å². The van der Waals surface area contributed by atoms with Gasteiger partial charge in [0.1, 0.15) is 5.75 Å². The Labute approximate surface area is 195 Å². The van der Waals surface area contributed by atoms with E-state index in [-0.39, 0.29) is 23.9 Å². The average Bonchev–Trinajstić information content (AvgIpc) is 3.28. The summed E-state index contributed by atoms with van der Waals surface area (Å²) in [6, 6.07) is 10.7. The third kappa shape index (κ3) is 5.74. The van der Waals surface area contributed by atoms with E-state index in [1.807, 2.05) is 32.0 Å². The second-order valence-electron chi connectivity index (χ2n) is 8.30. The molecule has 0 unspecified atom stereocenters. The third-order valence-corrected chi connectivity index (χ3v) is 5.69. The third-order valence-electron chi connectivity index (χ3n) is 5.69. The van der Waals surface area contributed by atoms with Gasteiger partial charge in [-0.05, 0) is 43.2 Å². The number of hydrogen-bond donors (Lipinski definition) is 0. The number of rotatable bonds is 6. The highest BCUT2D eigenvalue weighted by Crippen LogP contribution is 2.31. The van der Waals surface area contributed by atoms with Crippen LogP contribution in [0.25, 0.3) is 11.4 Å². The van der Waals surface area contributed by atoms with Crippen LogP contribution in [0.2, 0.25) is 0 Å². The Kier molecular flexibility index (Phi) is 6.87. The van der Waals surface area contributed by atoms with Crippen LogP contribution in [-0.2, 0) is 17.5 Å². The van der Waals surface area contributed by atoms with Crippen LogP contribution in [0.1, 0.15) is 22.6 Å². The van der Waals surface area contributed by atoms with Gasteiger partial charge in [-0.15, -0.1) is 0 Å². The zero-order valence-corrected chi connectivity index (χ0v) is 18.9. The normalized spacial score (nSPS) is 14.9. The summed E-state index contributed by atoms with van der Waals surface area (Å²) in [7, 11) is 0. The lowest BCUT2D eigenvalue weighted by molar-refractivity contribution is -0.137. The van der Waals surface area contributed by atoms with E-state index in [2.05, 4.69) is 15.0 Å². The molecule has 0 bridgehead atoms. The first-order valence-corrected chi connectivity index (χ1v) is 10.9. The lowest BCUT2D eigenvalue weighted by Gasteiger charge is -2.33. The highest BCUT2D eigenvalue weighted by atomic mass is 19.4. The monoisotopic (exact) mass is 474 g/mol. The van der Waals surface area contributed by atoms with E-state index in [0.29, 0.717) is 44.4 Å². The summed E-state index contributed by atoms with van der Waals surface area (Å²) in [5, 5.41) is 3.82. The predicted molar refractivity (Wildman–Crippen MR) is 118 cm³/mol. The molecule has 0 radical (unpaired) electrons. The SMILES string of the molecule is Cc1ccc(C)c(OCC(=O)N2CCN(Cc3nc(-c4cccc(C(F)(F)F)c4)no3)CC2)c1. The van der Waals surface area contributed by atoms with Crippen molar-refractivity contribution >= 4 is 5.91 Å². The Morgan fingerprint density at radius 3 is 2.59 bits per heavy atom. The van der Waals surface area contributed by atoms with Gasteiger partial charge in [0.15, 0.2) is 6.61 Å². The Balaban J connectivity index is 1.28. The van der Waals surface area contributed by atoms with Crippen molar-refractivity contribution in [2.45, 2.75) is 26.6 Å². The summed E-state index contributed by atoms with van der Waals surface area (Å²) in [5.41, 5.74) is 1.52. The highest BCUT2D eigenvalue weighted by Gasteiger charge is 2.31. The first kappa shape index (κ1) is 23.7. The molecular weight excluding hydrogens is 449 g/mol. The van der Waals surface area contributed by atoms with Gasteiger partial charge in [0.2, 0.25) is 11.7 Å². The molecule has 1 amide bonds. The molecule has 4 rings (SSSR count). The second-order valence-corrected chi connectivity index (χ2v) is 8.30. The molecule has 0 spiro atoms. The van der Waals surface area contributed by atoms with Crippen LogP contribution in [0.15, 0.2) is 47.0 Å². The molecule has 2 aromatic carbocycles. The summed E-state index contributed by atoms with van der Waals surface area (Å²) >= 11 is 0. The first-order valence-electron chi connectivity index (χ1n) is 10.9. The van der Waals surface area contributed by atoms with Crippen molar-refractivity contribution in [2.75, 3.05) is 32.8 Å². The van der Waals surface area contributed by atoms with Crippen LogP contribution in [0.5, 0.6) is 5.75 Å². The number of benzene rings is 2. The number of carbonyl (C=O) groups excluding carboxylic acids is 1. The summed E-state index contributed by atoms with van der Waals surface area (Å²) in [4.78, 5) is 20.6. The Hall–Kier alpha value is -3.40. The summed E-state index contributed by atoms with van der Waals surface area (Å²) in [6.07, 6.45) is -4.44. The van der Waals surface area contributed by atoms with Crippen molar-refractivity contribution in [3.63, 3.8) is 0 Å². The molecule has 0 aliphatic carbocycles. The Morgan fingerprint density at radius 2 is 1.85 bits per heavy atom. The van der Waals surface area contributed by atoms with Gasteiger partial charge >= 0.3 is 6.18 Å². The fraction of sp³-hybridized carbons (Fsp3) is 0.375. The van der Waals surface area contributed by atoms with Gasteiger partial charge in [-0.3, -0.25) is 9.69 Å². The molecule has 1 aliphatic heterocycles. The molecule has 0 N–H and O–H groups in total. The number of halogens is 3. The van der Waals surface area contributed by atoms with Crippen LogP contribution in [-0.4, -0.2) is 58.6 Å². The molecule has 3 aromatic rings. The summed E-state index contributed by atoms with van der Waals surface area (Å²) in [6.45, 7) is 6.52. The van der Waals surface area contributed by atoms with E-state index < -0.39 is 11.7 Å². The average molecular weight is 474 g/mol. The number of nitrogens with zero attached hydrogens (tertiary/aromatic N) is 4. The molecule has 0 saturated carbocycles. The Bertz CT molecular complexity index is 1150. The van der Waals surface area contributed by atoms with Gasteiger partial charge in [-0.2, -0.15) is 18.2 Å². The first-order chi connectivity index (χ1) is 16.2. The zero-order valence-electron chi connectivity index (χ0n) is 18.9. The maximum Gasteiger partial charge on any atom is 0.416 e. The minimum atomic E-state index is -4.44. The van der Waals surface area contributed by atoms with Crippen LogP contribution >= 0.6 is 0 Å². The predicted octanol–water partition coefficient (Wildman–Crippen LogP) is 4.10. The molecule has 1 aliphatic rings. The lowest BCUT2D eigenvalue weighted by atomic mass is 10.1. The van der Waals surface area contributed by atoms with Gasteiger partial charge < -0.3 is 14.2 Å². The van der Waals surface area contributed by atoms with E-state index in [9.17, 15) is 18.0 Å². The zero-order chi connectivity index (χ0) is 24.3. The molecular formula is C24H25F3N4O3. The molecule has 2 heterocycles. The standard InChI is InChI=1S/C24H25F3N4O3/c1-16-6-7-17(2)20(12-16)33-15-22(32)31-10-8-30(9-11-31)14-21-28-23(29-34-21)18-4-3-5-19(13-18)24(25,26)27/h3-7,12-13H,8-11,14-15H2,1-2H3. The number of carbonyl (C=O) groups is 1. The van der Waals surface area contributed by atoms with Crippen LogP contribution < -0.4 is 4.74 Å². The van der Waals surface area contributed by atoms with Crippen molar-refractivity contribution in [2.24, 2.45) is 0 Å². The van der Waals surface area contributed by atoms with Crippen LogP contribution in [0, 0.1) is 13.8 Å². The summed E-state index contributed by atoms with van der Waals surface area (Å²) < 4.78 is 49.8. The summed E-state index contributed by atoms with van der Waals surface area (Å²) in [5.74, 6) is 1.05. The minimum Gasteiger partial charge on any atom is -0.483 e. The van der Waals surface area contributed by atoms with E-state index in [1.54, 1.807) is 4.90 Å². The second kappa shape index (κ2) is 9.84. The van der Waals surface area contributed by atoms with Crippen molar-refractivity contribution in [3.05, 3.63) is 65.0 Å². The molecule has 0 atom stereocenters. The number of aromatic nitrogens is 2. The minimum absolute atomic E-state index is 0.0195. The van der Waals surface area contributed by atoms with E-state index in [0.717, 1.165) is 23.3 Å². The van der Waals surface area contributed by atoms with Gasteiger partial charge in [-0.25, -0.2) is 0 Å². The molecule has 180 valence electrons. The van der Waals surface area contributed by atoms with Crippen molar-refractivity contribution < 1.29 is 27.2 Å². The number of amides is 1. The van der Waals surface area contributed by atoms with Crippen molar-refractivity contribution in [1.82, 2.24) is 19.9 Å². The quantitative estimate of drug-likeness (QED) is 0.536. The number of hydrogen-bond acceptors (Lipinski definition) is 6. The highest BCUT2D eigenvalue weighted by molar-refractivity contribution is 5.78. The van der Waals surface area contributed by atoms with Gasteiger partial charge in [-0.1, -0.05) is 29.4 Å². The number of aryl methyl sites for hydroxylation is 2. The number of ether oxygens (including phenoxy) is 1. The lowest BCUT2D eigenvalue weighted by Crippen LogP contribution is -2.49. The largest absolute Gasteiger partial charge is 0.483 e. The number of alkyl halides is 3. The molecule has 7 nitrogen and oxygen atoms in total. The van der Waals surface area contributed by atoms with Gasteiger partial charge in [0.25, 0.3) is 5.91 Å². The molecule has 1 fully saturated rings. The van der Waals surface area contributed by atoms with E-state index in [4.69, 9.17) is 9.26 Å². The molecule has 10 heteroatoms. The fourth-order valence-corrected chi connectivity index (χ4v) is 3.71. The van der Waals surface area contributed by atoms with Crippen molar-refractivity contribution in [3.8, 4) is 17.1 Å². The fourth-order valence-electron chi connectivity index (χ4n) is 3.71. The van der Waals surface area contributed by atoms with E-state index in [1.165, 1.54) is 12.1 Å². The molecule has 1 aromatic heterocycles. The maximum absolute atomic E-state index is 12.9. The smallest absolute Gasteiger partial charge is 0.416 e. The van der Waals surface area contributed by atoms with E-state index >= 15 is 0 Å². The van der Waals surface area contributed by atoms with Crippen molar-refractivity contribution in [1.29, 1.82) is 0 Å². The van der Waals surface area contributed by atoms with Gasteiger partial charge in [0, 0.05) is 31.7 Å². The molecule has 1 saturated heterocycles. The number of piperazine rings is 1.